The highest BCUT2D eigenvalue weighted by Gasteiger charge is 2.44. The summed E-state index contributed by atoms with van der Waals surface area (Å²) in [5, 5.41) is 10.4. The molecule has 2 fully saturated rings. The van der Waals surface area contributed by atoms with E-state index < -0.39 is 0 Å². The van der Waals surface area contributed by atoms with Crippen LogP contribution in [0.25, 0.3) is 17.0 Å². The Balaban J connectivity index is 1.25. The number of anilines is 1. The zero-order valence-electron chi connectivity index (χ0n) is 19.2. The van der Waals surface area contributed by atoms with Gasteiger partial charge in [0.1, 0.15) is 30.2 Å². The van der Waals surface area contributed by atoms with Crippen LogP contribution in [-0.4, -0.2) is 62.2 Å². The van der Waals surface area contributed by atoms with Gasteiger partial charge in [-0.1, -0.05) is 17.3 Å². The van der Waals surface area contributed by atoms with Crippen LogP contribution >= 0.6 is 0 Å². The average molecular weight is 473 g/mol. The molecule has 2 atom stereocenters. The Morgan fingerprint density at radius 2 is 2.03 bits per heavy atom. The Morgan fingerprint density at radius 3 is 2.91 bits per heavy atom. The van der Waals surface area contributed by atoms with E-state index >= 15 is 0 Å². The molecule has 2 saturated heterocycles. The maximum Gasteiger partial charge on any atom is 0.326 e. The SMILES string of the molecule is Cc1ccn2c(C(=O)Nc3cc(-c4noc(C5CNCC6C(=O)OCN65)n4)ccc3C)cnc2c1. The molecule has 6 rings (SSSR count). The number of hydrogen-bond donors (Lipinski definition) is 2. The number of amides is 1. The maximum atomic E-state index is 13.0. The molecule has 2 N–H and O–H groups in total. The zero-order chi connectivity index (χ0) is 24.1. The molecule has 0 radical (unpaired) electrons. The van der Waals surface area contributed by atoms with Gasteiger partial charge in [0.15, 0.2) is 0 Å². The Morgan fingerprint density at radius 1 is 1.17 bits per heavy atom. The number of esters is 1. The van der Waals surface area contributed by atoms with Crippen LogP contribution < -0.4 is 10.6 Å². The molecule has 11 nitrogen and oxygen atoms in total. The fourth-order valence-corrected chi connectivity index (χ4v) is 4.49. The van der Waals surface area contributed by atoms with Gasteiger partial charge in [0.25, 0.3) is 5.91 Å². The number of ether oxygens (including phenoxy) is 1. The minimum atomic E-state index is -0.353. The molecule has 178 valence electrons. The zero-order valence-corrected chi connectivity index (χ0v) is 19.2. The van der Waals surface area contributed by atoms with Crippen LogP contribution in [0.2, 0.25) is 0 Å². The second-order valence-corrected chi connectivity index (χ2v) is 8.81. The van der Waals surface area contributed by atoms with Gasteiger partial charge in [-0.15, -0.1) is 0 Å². The van der Waals surface area contributed by atoms with Crippen LogP contribution in [0.4, 0.5) is 5.69 Å². The lowest BCUT2D eigenvalue weighted by atomic mass is 10.1. The van der Waals surface area contributed by atoms with Gasteiger partial charge in [0, 0.05) is 30.5 Å². The first kappa shape index (κ1) is 21.4. The van der Waals surface area contributed by atoms with Gasteiger partial charge < -0.3 is 19.9 Å². The van der Waals surface area contributed by atoms with E-state index in [4.69, 9.17) is 9.26 Å². The number of carbonyl (C=O) groups is 2. The van der Waals surface area contributed by atoms with E-state index in [9.17, 15) is 9.59 Å². The molecule has 0 saturated carbocycles. The number of piperazine rings is 1. The first-order chi connectivity index (χ1) is 17.0. The minimum absolute atomic E-state index is 0.205. The normalized spacial score (nSPS) is 20.1. The van der Waals surface area contributed by atoms with E-state index in [2.05, 4.69) is 25.8 Å². The summed E-state index contributed by atoms with van der Waals surface area (Å²) in [7, 11) is 0. The molecule has 0 spiro atoms. The largest absolute Gasteiger partial charge is 0.448 e. The van der Waals surface area contributed by atoms with E-state index in [1.54, 1.807) is 10.6 Å². The second-order valence-electron chi connectivity index (χ2n) is 8.81. The van der Waals surface area contributed by atoms with Gasteiger partial charge in [0.05, 0.1) is 6.20 Å². The van der Waals surface area contributed by atoms with Crippen molar-refractivity contribution in [1.29, 1.82) is 0 Å². The standard InChI is InChI=1S/C24H23N7O4/c1-13-5-6-30-17(11-26-20(30)7-13)22(32)27-16-8-15(4-3-14(16)2)21-28-23(35-29-21)18-9-25-10-19-24(33)34-12-31(18)19/h3-8,11,18-19,25H,9-10,12H2,1-2H3,(H,27,32). The molecule has 1 amide bonds. The third-order valence-electron chi connectivity index (χ3n) is 6.48. The highest BCUT2D eigenvalue weighted by atomic mass is 16.6. The summed E-state index contributed by atoms with van der Waals surface area (Å²) in [6.45, 7) is 5.20. The summed E-state index contributed by atoms with van der Waals surface area (Å²) in [5.74, 6) is 0.285. The number of rotatable bonds is 4. The number of benzene rings is 1. The van der Waals surface area contributed by atoms with Gasteiger partial charge in [-0.3, -0.25) is 14.0 Å². The predicted molar refractivity (Wildman–Crippen MR) is 125 cm³/mol. The molecule has 5 heterocycles. The molecule has 11 heteroatoms. The molecule has 4 aromatic rings. The van der Waals surface area contributed by atoms with Gasteiger partial charge in [-0.25, -0.2) is 9.88 Å². The van der Waals surface area contributed by atoms with E-state index in [-0.39, 0.29) is 30.7 Å². The van der Waals surface area contributed by atoms with Crippen LogP contribution in [0.1, 0.15) is 33.5 Å². The number of fused-ring (bicyclic) bond motifs is 2. The Hall–Kier alpha value is -4.09. The number of aryl methyl sites for hydroxylation is 2. The quantitative estimate of drug-likeness (QED) is 0.428. The van der Waals surface area contributed by atoms with Crippen molar-refractivity contribution < 1.29 is 18.8 Å². The van der Waals surface area contributed by atoms with Crippen molar-refractivity contribution in [2.24, 2.45) is 0 Å². The molecule has 35 heavy (non-hydrogen) atoms. The first-order valence-corrected chi connectivity index (χ1v) is 11.3. The molecular formula is C24H23N7O4. The predicted octanol–water partition coefficient (Wildman–Crippen LogP) is 2.08. The molecule has 1 aromatic carbocycles. The highest BCUT2D eigenvalue weighted by molar-refractivity contribution is 6.04. The van der Waals surface area contributed by atoms with E-state index in [0.717, 1.165) is 11.1 Å². The summed E-state index contributed by atoms with van der Waals surface area (Å²) in [6, 6.07) is 8.83. The van der Waals surface area contributed by atoms with E-state index in [0.29, 0.717) is 47.4 Å². The average Bonchev–Trinajstić information content (AvgIpc) is 3.59. The number of imidazole rings is 1. The van der Waals surface area contributed by atoms with Crippen molar-refractivity contribution >= 4 is 23.2 Å². The van der Waals surface area contributed by atoms with Crippen LogP contribution in [0.5, 0.6) is 0 Å². The lowest BCUT2D eigenvalue weighted by Crippen LogP contribution is -2.51. The summed E-state index contributed by atoms with van der Waals surface area (Å²) < 4.78 is 12.5. The number of hydrogen-bond acceptors (Lipinski definition) is 9. The van der Waals surface area contributed by atoms with Crippen LogP contribution in [-0.2, 0) is 9.53 Å². The van der Waals surface area contributed by atoms with E-state index in [1.807, 2.05) is 55.3 Å². The van der Waals surface area contributed by atoms with Gasteiger partial charge in [-0.05, 0) is 43.2 Å². The third kappa shape index (κ3) is 3.74. The Bertz CT molecular complexity index is 1460. The number of nitrogens with one attached hydrogen (secondary N) is 2. The molecule has 0 aliphatic carbocycles. The number of cyclic esters (lactones) is 1. The van der Waals surface area contributed by atoms with Gasteiger partial charge in [-0.2, -0.15) is 4.98 Å². The number of aromatic nitrogens is 4. The fraction of sp³-hybridized carbons (Fsp3) is 0.292. The fourth-order valence-electron chi connectivity index (χ4n) is 4.49. The number of pyridine rings is 1. The third-order valence-corrected chi connectivity index (χ3v) is 6.48. The number of carbonyl (C=O) groups excluding carboxylic acids is 2. The first-order valence-electron chi connectivity index (χ1n) is 11.3. The lowest BCUT2D eigenvalue weighted by Gasteiger charge is -2.32. The molecule has 0 bridgehead atoms. The van der Waals surface area contributed by atoms with Crippen molar-refractivity contribution in [3.8, 4) is 11.4 Å². The van der Waals surface area contributed by atoms with Gasteiger partial charge in [0.2, 0.25) is 11.7 Å². The van der Waals surface area contributed by atoms with Crippen molar-refractivity contribution in [1.82, 2.24) is 29.7 Å². The molecule has 3 aromatic heterocycles. The molecule has 2 unspecified atom stereocenters. The summed E-state index contributed by atoms with van der Waals surface area (Å²) in [5.41, 5.74) is 4.45. The Labute approximate surface area is 200 Å². The molecular weight excluding hydrogens is 450 g/mol. The van der Waals surface area contributed by atoms with Crippen LogP contribution in [0.3, 0.4) is 0 Å². The van der Waals surface area contributed by atoms with Crippen molar-refractivity contribution in [3.63, 3.8) is 0 Å². The second kappa shape index (κ2) is 8.29. The smallest absolute Gasteiger partial charge is 0.326 e. The Kier molecular flexibility index (Phi) is 5.08. The van der Waals surface area contributed by atoms with Crippen molar-refractivity contribution in [2.45, 2.75) is 25.9 Å². The minimum Gasteiger partial charge on any atom is -0.448 e. The highest BCUT2D eigenvalue weighted by Crippen LogP contribution is 2.30. The topological polar surface area (TPSA) is 127 Å². The number of nitrogens with zero attached hydrogens (tertiary/aromatic N) is 5. The summed E-state index contributed by atoms with van der Waals surface area (Å²) in [4.78, 5) is 35.8. The van der Waals surface area contributed by atoms with Crippen molar-refractivity contribution in [2.75, 3.05) is 25.1 Å². The van der Waals surface area contributed by atoms with Crippen LogP contribution in [0.15, 0.2) is 47.2 Å². The monoisotopic (exact) mass is 473 g/mol. The van der Waals surface area contributed by atoms with E-state index in [1.165, 1.54) is 0 Å². The maximum absolute atomic E-state index is 13.0. The van der Waals surface area contributed by atoms with Crippen LogP contribution in [0, 0.1) is 13.8 Å². The molecule has 2 aliphatic rings. The summed E-state index contributed by atoms with van der Waals surface area (Å²) >= 11 is 0. The van der Waals surface area contributed by atoms with Gasteiger partial charge >= 0.3 is 5.97 Å². The molecule has 2 aliphatic heterocycles. The summed E-state index contributed by atoms with van der Waals surface area (Å²) in [6.07, 6.45) is 3.40. The van der Waals surface area contributed by atoms with Crippen molar-refractivity contribution in [3.05, 3.63) is 65.4 Å². The lowest BCUT2D eigenvalue weighted by molar-refractivity contribution is -0.139.